The van der Waals surface area contributed by atoms with Crippen LogP contribution in [0.2, 0.25) is 5.02 Å². The van der Waals surface area contributed by atoms with Crippen LogP contribution >= 0.6 is 23.4 Å². The Balaban J connectivity index is 2.25. The minimum Gasteiger partial charge on any atom is -0.392 e. The monoisotopic (exact) mass is 395 g/mol. The number of nitrogens with zero attached hydrogens (tertiary/aromatic N) is 1. The number of halogens is 1. The number of aliphatic hydroxyl groups excluding tert-OH is 1. The molecule has 1 atom stereocenters. The summed E-state index contributed by atoms with van der Waals surface area (Å²) >= 11 is 7.93. The highest BCUT2D eigenvalue weighted by Crippen LogP contribution is 2.37. The van der Waals surface area contributed by atoms with E-state index in [4.69, 9.17) is 11.6 Å². The lowest BCUT2D eigenvalue weighted by Crippen LogP contribution is -2.19. The molecule has 0 fully saturated rings. The number of benzene rings is 2. The first kappa shape index (κ1) is 20.2. The largest absolute Gasteiger partial charge is 0.392 e. The predicted molar refractivity (Wildman–Crippen MR) is 108 cm³/mol. The van der Waals surface area contributed by atoms with Crippen molar-refractivity contribution in [1.29, 1.82) is 0 Å². The van der Waals surface area contributed by atoms with E-state index in [0.717, 1.165) is 20.9 Å². The van der Waals surface area contributed by atoms with Crippen molar-refractivity contribution in [2.45, 2.75) is 48.3 Å². The first-order valence-electron chi connectivity index (χ1n) is 7.91. The summed E-state index contributed by atoms with van der Waals surface area (Å²) in [5.74, 6) is 0. The van der Waals surface area contributed by atoms with E-state index in [9.17, 15) is 9.32 Å². The van der Waals surface area contributed by atoms with E-state index < -0.39 is 11.0 Å². The molecule has 2 aromatic carbocycles. The second-order valence-electron chi connectivity index (χ2n) is 6.45. The molecule has 6 heteroatoms. The molecule has 0 saturated carbocycles. The third-order valence-electron chi connectivity index (χ3n) is 3.41. The van der Waals surface area contributed by atoms with Crippen LogP contribution in [0, 0.1) is 0 Å². The van der Waals surface area contributed by atoms with E-state index in [1.54, 1.807) is 6.21 Å². The molecule has 134 valence electrons. The first-order valence-corrected chi connectivity index (χ1v) is 10.2. The van der Waals surface area contributed by atoms with Crippen molar-refractivity contribution in [2.75, 3.05) is 0 Å². The molecule has 0 bridgehead atoms. The summed E-state index contributed by atoms with van der Waals surface area (Å²) in [6.45, 7) is 5.67. The summed E-state index contributed by atoms with van der Waals surface area (Å²) in [7, 11) is -1.27. The fourth-order valence-electron chi connectivity index (χ4n) is 2.03. The van der Waals surface area contributed by atoms with E-state index in [0.29, 0.717) is 11.4 Å². The van der Waals surface area contributed by atoms with Gasteiger partial charge in [0.25, 0.3) is 0 Å². The molecule has 0 amide bonds. The maximum absolute atomic E-state index is 12.0. The minimum atomic E-state index is -1.27. The summed E-state index contributed by atoms with van der Waals surface area (Å²) in [6.07, 6.45) is 2.24. The Morgan fingerprint density at radius 1 is 1.16 bits per heavy atom. The van der Waals surface area contributed by atoms with Crippen molar-refractivity contribution in [3.05, 3.63) is 58.6 Å². The SMILES string of the molecule is CC(C)(C)S(=O)N=CCc1cccc(Cl)c1Sc1ccccc1CO. The van der Waals surface area contributed by atoms with Gasteiger partial charge < -0.3 is 5.11 Å². The van der Waals surface area contributed by atoms with Crippen LogP contribution in [0.3, 0.4) is 0 Å². The molecule has 0 heterocycles. The first-order chi connectivity index (χ1) is 11.8. The summed E-state index contributed by atoms with van der Waals surface area (Å²) in [5.41, 5.74) is 1.88. The van der Waals surface area contributed by atoms with E-state index in [1.807, 2.05) is 63.2 Å². The van der Waals surface area contributed by atoms with E-state index in [2.05, 4.69) is 4.40 Å². The Labute approximate surface area is 161 Å². The maximum Gasteiger partial charge on any atom is 0.144 e. The highest BCUT2D eigenvalue weighted by atomic mass is 35.5. The van der Waals surface area contributed by atoms with Crippen LogP contribution in [0.25, 0.3) is 0 Å². The minimum absolute atomic E-state index is 0.0189. The standard InChI is InChI=1S/C19H22ClNO2S2/c1-19(2,3)25(23)21-12-11-14-8-6-9-16(20)18(14)24-17-10-5-4-7-15(17)13-22/h4-10,12,22H,11,13H2,1-3H3. The fourth-order valence-corrected chi connectivity index (χ4v) is 3.95. The van der Waals surface area contributed by atoms with Gasteiger partial charge in [-0.3, -0.25) is 0 Å². The molecule has 1 unspecified atom stereocenters. The Hall–Kier alpha value is -1.14. The smallest absolute Gasteiger partial charge is 0.144 e. The summed E-state index contributed by atoms with van der Waals surface area (Å²) in [4.78, 5) is 1.90. The highest BCUT2D eigenvalue weighted by molar-refractivity contribution is 7.99. The molecule has 0 radical (unpaired) electrons. The van der Waals surface area contributed by atoms with Gasteiger partial charge in [-0.05, 0) is 44.0 Å². The van der Waals surface area contributed by atoms with Gasteiger partial charge in [0, 0.05) is 22.4 Å². The molecule has 2 aromatic rings. The van der Waals surface area contributed by atoms with E-state index in [-0.39, 0.29) is 11.4 Å². The third kappa shape index (κ3) is 5.68. The third-order valence-corrected chi connectivity index (χ3v) is 6.53. The zero-order valence-electron chi connectivity index (χ0n) is 14.5. The molecular weight excluding hydrogens is 374 g/mol. The number of hydrogen-bond donors (Lipinski definition) is 1. The summed E-state index contributed by atoms with van der Waals surface area (Å²) in [6, 6.07) is 13.4. The zero-order chi connectivity index (χ0) is 18.4. The van der Waals surface area contributed by atoms with E-state index in [1.165, 1.54) is 11.8 Å². The van der Waals surface area contributed by atoms with Crippen LogP contribution in [-0.4, -0.2) is 20.3 Å². The van der Waals surface area contributed by atoms with Crippen LogP contribution in [-0.2, 0) is 24.0 Å². The molecule has 0 aromatic heterocycles. The summed E-state index contributed by atoms with van der Waals surface area (Å²) < 4.78 is 15.8. The Morgan fingerprint density at radius 2 is 1.84 bits per heavy atom. The van der Waals surface area contributed by atoms with Gasteiger partial charge in [-0.2, -0.15) is 4.40 Å². The van der Waals surface area contributed by atoms with Gasteiger partial charge in [0.1, 0.15) is 11.0 Å². The van der Waals surface area contributed by atoms with Crippen molar-refractivity contribution < 1.29 is 9.32 Å². The second kappa shape index (κ2) is 8.99. The van der Waals surface area contributed by atoms with Crippen LogP contribution < -0.4 is 0 Å². The van der Waals surface area contributed by atoms with Gasteiger partial charge in [-0.1, -0.05) is 53.7 Å². The molecule has 3 nitrogen and oxygen atoms in total. The van der Waals surface area contributed by atoms with Crippen LogP contribution in [0.15, 0.2) is 56.7 Å². The van der Waals surface area contributed by atoms with Crippen LogP contribution in [0.1, 0.15) is 31.9 Å². The fraction of sp³-hybridized carbons (Fsp3) is 0.316. The normalized spacial score (nSPS) is 13.3. The van der Waals surface area contributed by atoms with Gasteiger partial charge in [0.2, 0.25) is 0 Å². The van der Waals surface area contributed by atoms with Gasteiger partial charge >= 0.3 is 0 Å². The lowest BCUT2D eigenvalue weighted by Gasteiger charge is -2.13. The second-order valence-corrected chi connectivity index (χ2v) is 9.84. The number of hydrogen-bond acceptors (Lipinski definition) is 3. The molecule has 1 N–H and O–H groups in total. The molecule has 0 saturated heterocycles. The maximum atomic E-state index is 12.0. The van der Waals surface area contributed by atoms with Crippen molar-refractivity contribution in [2.24, 2.45) is 4.40 Å². The van der Waals surface area contributed by atoms with Crippen molar-refractivity contribution in [1.82, 2.24) is 0 Å². The Kier molecular flexibility index (Phi) is 7.25. The van der Waals surface area contributed by atoms with Crippen molar-refractivity contribution >= 4 is 40.6 Å². The average Bonchev–Trinajstić information content (AvgIpc) is 2.57. The summed E-state index contributed by atoms with van der Waals surface area (Å²) in [5, 5.41) is 10.2. The van der Waals surface area contributed by atoms with Gasteiger partial charge in [0.05, 0.1) is 16.4 Å². The zero-order valence-corrected chi connectivity index (χ0v) is 16.9. The topological polar surface area (TPSA) is 49.7 Å². The van der Waals surface area contributed by atoms with Gasteiger partial charge in [0.15, 0.2) is 0 Å². The molecule has 25 heavy (non-hydrogen) atoms. The van der Waals surface area contributed by atoms with E-state index >= 15 is 0 Å². The highest BCUT2D eigenvalue weighted by Gasteiger charge is 2.18. The molecular formula is C19H22ClNO2S2. The quantitative estimate of drug-likeness (QED) is 0.695. The number of aliphatic hydroxyl groups is 1. The van der Waals surface area contributed by atoms with Crippen LogP contribution in [0.5, 0.6) is 0 Å². The molecule has 0 aliphatic heterocycles. The average molecular weight is 396 g/mol. The Morgan fingerprint density at radius 3 is 2.52 bits per heavy atom. The van der Waals surface area contributed by atoms with Gasteiger partial charge in [-0.25, -0.2) is 4.21 Å². The van der Waals surface area contributed by atoms with Gasteiger partial charge in [-0.15, -0.1) is 0 Å². The predicted octanol–water partition coefficient (Wildman–Crippen LogP) is 5.06. The van der Waals surface area contributed by atoms with Crippen molar-refractivity contribution in [3.63, 3.8) is 0 Å². The molecule has 0 spiro atoms. The molecule has 2 rings (SSSR count). The van der Waals surface area contributed by atoms with Crippen molar-refractivity contribution in [3.8, 4) is 0 Å². The molecule has 0 aliphatic carbocycles. The molecule has 0 aliphatic rings. The number of rotatable bonds is 6. The lowest BCUT2D eigenvalue weighted by molar-refractivity contribution is 0.279. The lowest BCUT2D eigenvalue weighted by atomic mass is 10.2. The Bertz CT molecular complexity index is 785. The van der Waals surface area contributed by atoms with Crippen LogP contribution in [0.4, 0.5) is 0 Å².